The van der Waals surface area contributed by atoms with E-state index in [1.165, 1.54) is 6.33 Å². The highest BCUT2D eigenvalue weighted by atomic mass is 32.2. The zero-order chi connectivity index (χ0) is 14.5. The lowest BCUT2D eigenvalue weighted by Crippen LogP contribution is -2.12. The summed E-state index contributed by atoms with van der Waals surface area (Å²) in [6.07, 6.45) is 5.00. The third-order valence-electron chi connectivity index (χ3n) is 3.29. The summed E-state index contributed by atoms with van der Waals surface area (Å²) in [4.78, 5) is 21.3. The molecule has 2 aromatic rings. The molecule has 2 heterocycles. The highest BCUT2D eigenvalue weighted by Gasteiger charge is 2.12. The van der Waals surface area contributed by atoms with Crippen LogP contribution in [-0.4, -0.2) is 37.7 Å². The van der Waals surface area contributed by atoms with Gasteiger partial charge in [0, 0.05) is 12.8 Å². The lowest BCUT2D eigenvalue weighted by Gasteiger charge is -2.14. The van der Waals surface area contributed by atoms with Gasteiger partial charge in [-0.2, -0.15) is 11.8 Å². The minimum atomic E-state index is -0.143. The number of rotatable bonds is 7. The fourth-order valence-electron chi connectivity index (χ4n) is 2.11. The van der Waals surface area contributed by atoms with Gasteiger partial charge in [-0.3, -0.25) is 4.79 Å². The normalized spacial score (nSPS) is 13.2. The Kier molecular flexibility index (Phi) is 5.25. The molecule has 0 aliphatic carbocycles. The van der Waals surface area contributed by atoms with E-state index in [4.69, 9.17) is 0 Å². The van der Waals surface area contributed by atoms with Gasteiger partial charge in [0.05, 0.1) is 11.8 Å². The fraction of sp³-hybridized carbons (Fsp3) is 0.571. The first-order valence-electron chi connectivity index (χ1n) is 6.88. The first-order valence-corrected chi connectivity index (χ1v) is 7.92. The molecule has 110 valence electrons. The number of thioether (sulfide) groups is 1. The number of hydrogen-bond donors (Lipinski definition) is 3. The molecule has 20 heavy (non-hydrogen) atoms. The summed E-state index contributed by atoms with van der Waals surface area (Å²) in [7, 11) is 0. The van der Waals surface area contributed by atoms with Crippen molar-refractivity contribution in [1.29, 1.82) is 0 Å². The number of aliphatic hydroxyl groups is 1. The van der Waals surface area contributed by atoms with Crippen molar-refractivity contribution < 1.29 is 5.11 Å². The maximum atomic E-state index is 11.6. The molecule has 1 unspecified atom stereocenters. The molecule has 0 fully saturated rings. The molecule has 0 bridgehead atoms. The summed E-state index contributed by atoms with van der Waals surface area (Å²) < 4.78 is 0. The van der Waals surface area contributed by atoms with E-state index >= 15 is 0 Å². The summed E-state index contributed by atoms with van der Waals surface area (Å²) in [5, 5.41) is 10.0. The molecule has 0 aliphatic rings. The van der Waals surface area contributed by atoms with Gasteiger partial charge in [0.1, 0.15) is 5.52 Å². The van der Waals surface area contributed by atoms with E-state index in [2.05, 4.69) is 28.8 Å². The average molecular weight is 295 g/mol. The van der Waals surface area contributed by atoms with E-state index in [0.717, 1.165) is 29.7 Å². The number of nitrogens with one attached hydrogen (secondary N) is 2. The molecule has 5 nitrogen and oxygen atoms in total. The molecule has 0 radical (unpaired) electrons. The molecule has 2 aromatic heterocycles. The van der Waals surface area contributed by atoms with Crippen molar-refractivity contribution in [2.45, 2.75) is 31.9 Å². The molecular formula is C14H21N3O2S. The summed E-state index contributed by atoms with van der Waals surface area (Å²) in [6.45, 7) is 4.53. The Morgan fingerprint density at radius 3 is 2.90 bits per heavy atom. The van der Waals surface area contributed by atoms with Gasteiger partial charge in [-0.25, -0.2) is 4.98 Å². The quantitative estimate of drug-likeness (QED) is 0.729. The van der Waals surface area contributed by atoms with Gasteiger partial charge in [-0.1, -0.05) is 13.8 Å². The second-order valence-electron chi connectivity index (χ2n) is 5.24. The van der Waals surface area contributed by atoms with Crippen LogP contribution >= 0.6 is 11.8 Å². The molecule has 0 aromatic carbocycles. The molecule has 6 heteroatoms. The molecule has 0 saturated carbocycles. The van der Waals surface area contributed by atoms with Crippen LogP contribution in [-0.2, 0) is 6.42 Å². The standard InChI is InChI=1S/C14H21N3O2S/c1-9(2)20-7-10(6-18)3-4-11-5-15-13-12(11)16-8-17-14(13)19/h5,8-10,15,18H,3-4,6-7H2,1-2H3,(H,16,17,19). The largest absolute Gasteiger partial charge is 0.396 e. The number of H-pyrrole nitrogens is 2. The van der Waals surface area contributed by atoms with Crippen LogP contribution in [0.2, 0.25) is 0 Å². The van der Waals surface area contributed by atoms with Crippen LogP contribution in [0.1, 0.15) is 25.8 Å². The van der Waals surface area contributed by atoms with Gasteiger partial charge in [-0.15, -0.1) is 0 Å². The molecule has 0 saturated heterocycles. The van der Waals surface area contributed by atoms with Crippen molar-refractivity contribution in [3.8, 4) is 0 Å². The van der Waals surface area contributed by atoms with Gasteiger partial charge in [-0.05, 0) is 35.3 Å². The van der Waals surface area contributed by atoms with Crippen LogP contribution in [0.5, 0.6) is 0 Å². The number of nitrogens with zero attached hydrogens (tertiary/aromatic N) is 1. The van der Waals surface area contributed by atoms with Gasteiger partial charge in [0.15, 0.2) is 0 Å². The molecule has 1 atom stereocenters. The van der Waals surface area contributed by atoms with Crippen LogP contribution in [0.3, 0.4) is 0 Å². The van der Waals surface area contributed by atoms with Crippen molar-refractivity contribution >= 4 is 22.8 Å². The third-order valence-corrected chi connectivity index (χ3v) is 4.62. The summed E-state index contributed by atoms with van der Waals surface area (Å²) in [6, 6.07) is 0. The van der Waals surface area contributed by atoms with Crippen LogP contribution < -0.4 is 5.56 Å². The summed E-state index contributed by atoms with van der Waals surface area (Å²) >= 11 is 1.87. The third kappa shape index (κ3) is 3.64. The second-order valence-corrected chi connectivity index (χ2v) is 6.85. The number of aryl methyl sites for hydroxylation is 1. The van der Waals surface area contributed by atoms with Crippen LogP contribution in [0.15, 0.2) is 17.3 Å². The van der Waals surface area contributed by atoms with E-state index in [1.807, 2.05) is 18.0 Å². The highest BCUT2D eigenvalue weighted by Crippen LogP contribution is 2.20. The monoisotopic (exact) mass is 295 g/mol. The predicted octanol–water partition coefficient (Wildman–Crippen LogP) is 1.93. The van der Waals surface area contributed by atoms with Crippen molar-refractivity contribution in [1.82, 2.24) is 15.0 Å². The zero-order valence-electron chi connectivity index (χ0n) is 11.8. The molecule has 0 spiro atoms. The second kappa shape index (κ2) is 6.95. The smallest absolute Gasteiger partial charge is 0.275 e. The lowest BCUT2D eigenvalue weighted by molar-refractivity contribution is 0.233. The van der Waals surface area contributed by atoms with Gasteiger partial charge in [0.2, 0.25) is 0 Å². The van der Waals surface area contributed by atoms with E-state index in [1.54, 1.807) is 0 Å². The molecule has 0 amide bonds. The number of aliphatic hydroxyl groups excluding tert-OH is 1. The molecule has 2 rings (SSSR count). The zero-order valence-corrected chi connectivity index (χ0v) is 12.7. The Balaban J connectivity index is 2.01. The van der Waals surface area contributed by atoms with Crippen LogP contribution in [0, 0.1) is 5.92 Å². The average Bonchev–Trinajstić information content (AvgIpc) is 2.83. The van der Waals surface area contributed by atoms with Crippen molar-refractivity contribution in [3.63, 3.8) is 0 Å². The number of aromatic amines is 2. The highest BCUT2D eigenvalue weighted by molar-refractivity contribution is 7.99. The Morgan fingerprint density at radius 2 is 2.20 bits per heavy atom. The molecule has 0 aliphatic heterocycles. The van der Waals surface area contributed by atoms with Crippen molar-refractivity contribution in [3.05, 3.63) is 28.4 Å². The first kappa shape index (κ1) is 15.1. The minimum absolute atomic E-state index is 0.143. The topological polar surface area (TPSA) is 81.8 Å². The Hall–Kier alpha value is -1.27. The van der Waals surface area contributed by atoms with Gasteiger partial charge < -0.3 is 15.1 Å². The minimum Gasteiger partial charge on any atom is -0.396 e. The van der Waals surface area contributed by atoms with E-state index in [-0.39, 0.29) is 18.1 Å². The number of aromatic nitrogens is 3. The van der Waals surface area contributed by atoms with Crippen LogP contribution in [0.4, 0.5) is 0 Å². The van der Waals surface area contributed by atoms with Crippen LogP contribution in [0.25, 0.3) is 11.0 Å². The maximum absolute atomic E-state index is 11.6. The van der Waals surface area contributed by atoms with Crippen molar-refractivity contribution in [2.24, 2.45) is 5.92 Å². The first-order chi connectivity index (χ1) is 9.61. The van der Waals surface area contributed by atoms with E-state index in [0.29, 0.717) is 10.8 Å². The lowest BCUT2D eigenvalue weighted by atomic mass is 10.0. The van der Waals surface area contributed by atoms with Crippen molar-refractivity contribution in [2.75, 3.05) is 12.4 Å². The Morgan fingerprint density at radius 1 is 1.40 bits per heavy atom. The van der Waals surface area contributed by atoms with Gasteiger partial charge in [0.25, 0.3) is 5.56 Å². The summed E-state index contributed by atoms with van der Waals surface area (Å²) in [5.41, 5.74) is 2.16. The number of hydrogen-bond acceptors (Lipinski definition) is 4. The fourth-order valence-corrected chi connectivity index (χ4v) is 3.04. The SMILES string of the molecule is CC(C)SCC(CO)CCc1c[nH]c2c(=O)[nH]cnc12. The molecule has 3 N–H and O–H groups in total. The number of fused-ring (bicyclic) bond motifs is 1. The van der Waals surface area contributed by atoms with E-state index < -0.39 is 0 Å². The molecular weight excluding hydrogens is 274 g/mol. The maximum Gasteiger partial charge on any atom is 0.275 e. The van der Waals surface area contributed by atoms with E-state index in [9.17, 15) is 9.90 Å². The summed E-state index contributed by atoms with van der Waals surface area (Å²) in [5.74, 6) is 1.25. The van der Waals surface area contributed by atoms with Gasteiger partial charge >= 0.3 is 0 Å². The Labute approximate surface area is 122 Å². The Bertz CT molecular complexity index is 606. The predicted molar refractivity (Wildman–Crippen MR) is 83.2 cm³/mol.